The van der Waals surface area contributed by atoms with E-state index >= 15 is 0 Å². The number of aliphatic carboxylic acids is 1. The van der Waals surface area contributed by atoms with Crippen molar-refractivity contribution >= 4 is 23.5 Å². The van der Waals surface area contributed by atoms with Crippen molar-refractivity contribution < 1.29 is 19.4 Å². The number of carboxylic acid groups (broad SMARTS) is 1. The predicted molar refractivity (Wildman–Crippen MR) is 95.8 cm³/mol. The molecule has 0 spiro atoms. The molecule has 0 radical (unpaired) electrons. The van der Waals surface area contributed by atoms with E-state index in [1.54, 1.807) is 0 Å². The summed E-state index contributed by atoms with van der Waals surface area (Å²) >= 11 is 5.85. The van der Waals surface area contributed by atoms with E-state index in [2.05, 4.69) is 5.32 Å². The SMILES string of the molecule is O=C(O)CCCNC(=O)Cc1cccc(OCc2ccc(Cl)cc2)c1. The van der Waals surface area contributed by atoms with Crippen molar-refractivity contribution in [2.45, 2.75) is 25.9 Å². The van der Waals surface area contributed by atoms with Gasteiger partial charge < -0.3 is 15.2 Å². The zero-order valence-electron chi connectivity index (χ0n) is 13.7. The van der Waals surface area contributed by atoms with Gasteiger partial charge in [0.25, 0.3) is 0 Å². The van der Waals surface area contributed by atoms with Crippen LogP contribution in [0.25, 0.3) is 0 Å². The third kappa shape index (κ3) is 7.27. The van der Waals surface area contributed by atoms with Gasteiger partial charge in [-0.2, -0.15) is 0 Å². The molecule has 0 unspecified atom stereocenters. The van der Waals surface area contributed by atoms with E-state index < -0.39 is 5.97 Å². The van der Waals surface area contributed by atoms with Gasteiger partial charge in [-0.1, -0.05) is 35.9 Å². The number of halogens is 1. The molecule has 0 aliphatic heterocycles. The van der Waals surface area contributed by atoms with Crippen LogP contribution in [0.5, 0.6) is 5.75 Å². The van der Waals surface area contributed by atoms with Crippen molar-refractivity contribution in [2.24, 2.45) is 0 Å². The summed E-state index contributed by atoms with van der Waals surface area (Å²) in [4.78, 5) is 22.3. The van der Waals surface area contributed by atoms with Gasteiger partial charge in [0.2, 0.25) is 5.91 Å². The van der Waals surface area contributed by atoms with E-state index in [-0.39, 0.29) is 18.7 Å². The Bertz CT molecular complexity index is 716. The normalized spacial score (nSPS) is 10.3. The molecule has 0 fully saturated rings. The van der Waals surface area contributed by atoms with Crippen LogP contribution in [0.2, 0.25) is 5.02 Å². The second-order valence-corrected chi connectivity index (χ2v) is 6.02. The van der Waals surface area contributed by atoms with Crippen LogP contribution in [0.1, 0.15) is 24.0 Å². The van der Waals surface area contributed by atoms with Gasteiger partial charge >= 0.3 is 5.97 Å². The van der Waals surface area contributed by atoms with Gasteiger partial charge in [0.1, 0.15) is 12.4 Å². The molecular weight excluding hydrogens is 342 g/mol. The Kier molecular flexibility index (Phi) is 7.29. The number of hydrogen-bond acceptors (Lipinski definition) is 3. The summed E-state index contributed by atoms with van der Waals surface area (Å²) in [5, 5.41) is 12.0. The molecule has 0 bridgehead atoms. The van der Waals surface area contributed by atoms with Gasteiger partial charge in [0, 0.05) is 18.0 Å². The van der Waals surface area contributed by atoms with Crippen LogP contribution in [-0.4, -0.2) is 23.5 Å². The number of benzene rings is 2. The van der Waals surface area contributed by atoms with Crippen LogP contribution in [0.15, 0.2) is 48.5 Å². The summed E-state index contributed by atoms with van der Waals surface area (Å²) < 4.78 is 5.74. The van der Waals surface area contributed by atoms with Gasteiger partial charge in [0.15, 0.2) is 0 Å². The zero-order chi connectivity index (χ0) is 18.1. The average Bonchev–Trinajstić information content (AvgIpc) is 2.58. The molecule has 6 heteroatoms. The lowest BCUT2D eigenvalue weighted by atomic mass is 10.1. The smallest absolute Gasteiger partial charge is 0.303 e. The fraction of sp³-hybridized carbons (Fsp3) is 0.263. The number of rotatable bonds is 9. The molecule has 0 saturated heterocycles. The van der Waals surface area contributed by atoms with Gasteiger partial charge in [-0.3, -0.25) is 9.59 Å². The summed E-state index contributed by atoms with van der Waals surface area (Å²) in [6, 6.07) is 14.8. The highest BCUT2D eigenvalue weighted by Gasteiger charge is 2.05. The van der Waals surface area contributed by atoms with E-state index in [1.807, 2.05) is 48.5 Å². The summed E-state index contributed by atoms with van der Waals surface area (Å²) in [6.07, 6.45) is 0.699. The molecule has 25 heavy (non-hydrogen) atoms. The Morgan fingerprint density at radius 1 is 1.08 bits per heavy atom. The first-order valence-corrected chi connectivity index (χ1v) is 8.35. The monoisotopic (exact) mass is 361 g/mol. The van der Waals surface area contributed by atoms with Crippen molar-refractivity contribution in [3.63, 3.8) is 0 Å². The molecule has 132 valence electrons. The number of ether oxygens (including phenoxy) is 1. The maximum atomic E-state index is 11.9. The van der Waals surface area contributed by atoms with Crippen molar-refractivity contribution in [3.8, 4) is 5.75 Å². The molecule has 2 aromatic carbocycles. The number of carbonyl (C=O) groups excluding carboxylic acids is 1. The number of carbonyl (C=O) groups is 2. The minimum absolute atomic E-state index is 0.0499. The first kappa shape index (κ1) is 18.8. The standard InChI is InChI=1S/C19H20ClNO4/c20-16-8-6-14(7-9-16)13-25-17-4-1-3-15(11-17)12-18(22)21-10-2-5-19(23)24/h1,3-4,6-9,11H,2,5,10,12-13H2,(H,21,22)(H,23,24). The highest BCUT2D eigenvalue weighted by atomic mass is 35.5. The van der Waals surface area contributed by atoms with Crippen molar-refractivity contribution in [2.75, 3.05) is 6.54 Å². The molecule has 2 aromatic rings. The van der Waals surface area contributed by atoms with E-state index in [0.717, 1.165) is 11.1 Å². The molecule has 1 amide bonds. The van der Waals surface area contributed by atoms with Gasteiger partial charge in [-0.05, 0) is 41.8 Å². The van der Waals surface area contributed by atoms with Crippen molar-refractivity contribution in [1.29, 1.82) is 0 Å². The Morgan fingerprint density at radius 2 is 1.84 bits per heavy atom. The van der Waals surface area contributed by atoms with Gasteiger partial charge in [0.05, 0.1) is 6.42 Å². The van der Waals surface area contributed by atoms with Crippen molar-refractivity contribution in [3.05, 3.63) is 64.7 Å². The summed E-state index contributed by atoms with van der Waals surface area (Å²) in [5.74, 6) is -0.314. The molecule has 2 N–H and O–H groups in total. The molecular formula is C19H20ClNO4. The first-order chi connectivity index (χ1) is 12.0. The minimum Gasteiger partial charge on any atom is -0.489 e. The second kappa shape index (κ2) is 9.69. The fourth-order valence-electron chi connectivity index (χ4n) is 2.21. The molecule has 5 nitrogen and oxygen atoms in total. The minimum atomic E-state index is -0.861. The molecule has 0 aliphatic carbocycles. The highest BCUT2D eigenvalue weighted by molar-refractivity contribution is 6.30. The maximum absolute atomic E-state index is 11.9. The van der Waals surface area contributed by atoms with Crippen LogP contribution in [0, 0.1) is 0 Å². The molecule has 0 atom stereocenters. The topological polar surface area (TPSA) is 75.6 Å². The Morgan fingerprint density at radius 3 is 2.56 bits per heavy atom. The van der Waals surface area contributed by atoms with E-state index in [4.69, 9.17) is 21.4 Å². The summed E-state index contributed by atoms with van der Waals surface area (Å²) in [6.45, 7) is 0.778. The Balaban J connectivity index is 1.80. The van der Waals surface area contributed by atoms with E-state index in [1.165, 1.54) is 0 Å². The molecule has 0 aromatic heterocycles. The third-order valence-electron chi connectivity index (χ3n) is 3.47. The van der Waals surface area contributed by atoms with Crippen LogP contribution < -0.4 is 10.1 Å². The number of hydrogen-bond donors (Lipinski definition) is 2. The largest absolute Gasteiger partial charge is 0.489 e. The van der Waals surface area contributed by atoms with Crippen LogP contribution >= 0.6 is 11.6 Å². The van der Waals surface area contributed by atoms with Gasteiger partial charge in [-0.15, -0.1) is 0 Å². The molecule has 2 rings (SSSR count). The first-order valence-electron chi connectivity index (χ1n) is 7.97. The molecule has 0 heterocycles. The van der Waals surface area contributed by atoms with Crippen LogP contribution in [0.3, 0.4) is 0 Å². The van der Waals surface area contributed by atoms with E-state index in [0.29, 0.717) is 30.3 Å². The quantitative estimate of drug-likeness (QED) is 0.671. The maximum Gasteiger partial charge on any atom is 0.303 e. The van der Waals surface area contributed by atoms with Crippen molar-refractivity contribution in [1.82, 2.24) is 5.32 Å². The average molecular weight is 362 g/mol. The number of carboxylic acids is 1. The lowest BCUT2D eigenvalue weighted by Crippen LogP contribution is -2.26. The Labute approximate surface area is 151 Å². The summed E-state index contributed by atoms with van der Waals surface area (Å²) in [7, 11) is 0. The number of nitrogens with one attached hydrogen (secondary N) is 1. The predicted octanol–water partition coefficient (Wildman–Crippen LogP) is 3.44. The second-order valence-electron chi connectivity index (χ2n) is 5.59. The highest BCUT2D eigenvalue weighted by Crippen LogP contribution is 2.17. The fourth-order valence-corrected chi connectivity index (χ4v) is 2.33. The molecule has 0 saturated carbocycles. The third-order valence-corrected chi connectivity index (χ3v) is 3.72. The lowest BCUT2D eigenvalue weighted by Gasteiger charge is -2.09. The Hall–Kier alpha value is -2.53. The lowest BCUT2D eigenvalue weighted by molar-refractivity contribution is -0.137. The van der Waals surface area contributed by atoms with E-state index in [9.17, 15) is 9.59 Å². The van der Waals surface area contributed by atoms with Crippen LogP contribution in [0.4, 0.5) is 0 Å². The van der Waals surface area contributed by atoms with Gasteiger partial charge in [-0.25, -0.2) is 0 Å². The zero-order valence-corrected chi connectivity index (χ0v) is 14.5. The number of amides is 1. The molecule has 0 aliphatic rings. The van der Waals surface area contributed by atoms with Crippen LogP contribution in [-0.2, 0) is 22.6 Å². The summed E-state index contributed by atoms with van der Waals surface area (Å²) in [5.41, 5.74) is 1.84.